The van der Waals surface area contributed by atoms with Crippen LogP contribution in [0.1, 0.15) is 21.7 Å². The van der Waals surface area contributed by atoms with Gasteiger partial charge in [0.2, 0.25) is 0 Å². The number of carbonyl (C=O) groups is 1. The normalized spacial score (nSPS) is 10.8. The molecule has 0 saturated heterocycles. The topological polar surface area (TPSA) is 93.4 Å². The van der Waals surface area contributed by atoms with Gasteiger partial charge in [-0.1, -0.05) is 18.2 Å². The van der Waals surface area contributed by atoms with Crippen molar-refractivity contribution in [3.63, 3.8) is 0 Å². The zero-order valence-electron chi connectivity index (χ0n) is 16.9. The van der Waals surface area contributed by atoms with Gasteiger partial charge in [-0.05, 0) is 42.5 Å². The molecule has 31 heavy (non-hydrogen) atoms. The summed E-state index contributed by atoms with van der Waals surface area (Å²) >= 11 is 0. The van der Waals surface area contributed by atoms with Crippen LogP contribution in [0.3, 0.4) is 0 Å². The number of benzene rings is 2. The van der Waals surface area contributed by atoms with Crippen molar-refractivity contribution in [1.82, 2.24) is 25.1 Å². The summed E-state index contributed by atoms with van der Waals surface area (Å²) in [5, 5.41) is 18.9. The van der Waals surface area contributed by atoms with Crippen molar-refractivity contribution in [1.29, 1.82) is 0 Å². The number of amides is 1. The largest absolute Gasteiger partial charge is 0.496 e. The number of hydrogen-bond acceptors (Lipinski definition) is 6. The van der Waals surface area contributed by atoms with Crippen LogP contribution in [0.2, 0.25) is 0 Å². The molecule has 2 aromatic heterocycles. The van der Waals surface area contributed by atoms with Crippen molar-refractivity contribution in [3.8, 4) is 5.75 Å². The Bertz CT molecular complexity index is 1190. The number of fused-ring (bicyclic) bond motifs is 1. The number of nitrogens with zero attached hydrogens (tertiary/aromatic N) is 4. The molecule has 0 aliphatic carbocycles. The van der Waals surface area contributed by atoms with Gasteiger partial charge >= 0.3 is 0 Å². The Morgan fingerprint density at radius 1 is 1.06 bits per heavy atom. The van der Waals surface area contributed by atoms with Crippen LogP contribution in [0.25, 0.3) is 5.65 Å². The minimum absolute atomic E-state index is 0.277. The highest BCUT2D eigenvalue weighted by molar-refractivity contribution is 5.94. The van der Waals surface area contributed by atoms with Crippen LogP contribution in [0.5, 0.6) is 5.75 Å². The Kier molecular flexibility index (Phi) is 6.02. The molecule has 2 N–H and O–H groups in total. The van der Waals surface area contributed by atoms with E-state index in [4.69, 9.17) is 4.74 Å². The van der Waals surface area contributed by atoms with Crippen molar-refractivity contribution in [2.45, 2.75) is 13.0 Å². The van der Waals surface area contributed by atoms with Crippen molar-refractivity contribution in [2.75, 3.05) is 19.0 Å². The van der Waals surface area contributed by atoms with E-state index in [1.165, 1.54) is 24.3 Å². The second kappa shape index (κ2) is 9.21. The number of ether oxygens (including phenoxy) is 1. The molecule has 0 spiro atoms. The van der Waals surface area contributed by atoms with Gasteiger partial charge in [-0.25, -0.2) is 4.39 Å². The summed E-state index contributed by atoms with van der Waals surface area (Å²) in [4.78, 5) is 12.2. The molecule has 9 heteroatoms. The molecule has 0 atom stereocenters. The van der Waals surface area contributed by atoms with E-state index >= 15 is 0 Å². The van der Waals surface area contributed by atoms with E-state index in [1.54, 1.807) is 11.6 Å². The summed E-state index contributed by atoms with van der Waals surface area (Å²) in [5.41, 5.74) is 2.02. The van der Waals surface area contributed by atoms with E-state index in [2.05, 4.69) is 25.9 Å². The quantitative estimate of drug-likeness (QED) is 0.455. The number of methoxy groups -OCH3 is 1. The molecule has 1 amide bonds. The molecule has 8 nitrogen and oxygen atoms in total. The van der Waals surface area contributed by atoms with Crippen LogP contribution in [0.4, 0.5) is 10.2 Å². The van der Waals surface area contributed by atoms with E-state index < -0.39 is 0 Å². The first-order valence-corrected chi connectivity index (χ1v) is 9.75. The number of hydrogen-bond donors (Lipinski definition) is 2. The van der Waals surface area contributed by atoms with Gasteiger partial charge in [0, 0.05) is 30.6 Å². The number of para-hydroxylation sites is 1. The highest BCUT2D eigenvalue weighted by Crippen LogP contribution is 2.18. The number of nitrogens with one attached hydrogen (secondary N) is 2. The maximum atomic E-state index is 13.0. The average Bonchev–Trinajstić information content (AvgIpc) is 3.20. The van der Waals surface area contributed by atoms with Gasteiger partial charge in [0.25, 0.3) is 5.91 Å². The maximum Gasteiger partial charge on any atom is 0.251 e. The first-order chi connectivity index (χ1) is 15.1. The third-order valence-electron chi connectivity index (χ3n) is 4.72. The van der Waals surface area contributed by atoms with E-state index in [-0.39, 0.29) is 11.7 Å². The second-order valence-electron chi connectivity index (χ2n) is 6.78. The Morgan fingerprint density at radius 2 is 1.87 bits per heavy atom. The molecule has 0 aliphatic rings. The number of halogens is 1. The molecule has 0 aliphatic heterocycles. The minimum Gasteiger partial charge on any atom is -0.496 e. The van der Waals surface area contributed by atoms with Gasteiger partial charge in [0.05, 0.1) is 7.11 Å². The molecular weight excluding hydrogens is 399 g/mol. The highest BCUT2D eigenvalue weighted by atomic mass is 19.1. The van der Waals surface area contributed by atoms with Crippen LogP contribution in [-0.4, -0.2) is 39.4 Å². The molecule has 0 fully saturated rings. The lowest BCUT2D eigenvalue weighted by Gasteiger charge is -2.10. The second-order valence-corrected chi connectivity index (χ2v) is 6.78. The smallest absolute Gasteiger partial charge is 0.251 e. The number of aromatic nitrogens is 4. The SMILES string of the molecule is COc1ccccc1CNc1ccc2nnc(CCNC(=O)c3ccc(F)cc3)n2n1. The Balaban J connectivity index is 1.39. The lowest BCUT2D eigenvalue weighted by atomic mass is 10.2. The van der Waals surface area contributed by atoms with Gasteiger partial charge in [-0.2, -0.15) is 4.52 Å². The molecule has 0 radical (unpaired) electrons. The average molecular weight is 420 g/mol. The molecule has 0 bridgehead atoms. The molecule has 158 valence electrons. The summed E-state index contributed by atoms with van der Waals surface area (Å²) < 4.78 is 20.0. The third-order valence-corrected chi connectivity index (χ3v) is 4.72. The van der Waals surface area contributed by atoms with Gasteiger partial charge < -0.3 is 15.4 Å². The van der Waals surface area contributed by atoms with Crippen LogP contribution in [0.15, 0.2) is 60.7 Å². The van der Waals surface area contributed by atoms with Gasteiger partial charge in [-0.3, -0.25) is 4.79 Å². The van der Waals surface area contributed by atoms with Gasteiger partial charge in [-0.15, -0.1) is 15.3 Å². The summed E-state index contributed by atoms with van der Waals surface area (Å²) in [6.45, 7) is 0.894. The van der Waals surface area contributed by atoms with Crippen molar-refractivity contribution < 1.29 is 13.9 Å². The predicted molar refractivity (Wildman–Crippen MR) is 114 cm³/mol. The lowest BCUT2D eigenvalue weighted by molar-refractivity contribution is 0.0954. The predicted octanol–water partition coefficient (Wildman–Crippen LogP) is 2.86. The van der Waals surface area contributed by atoms with Crippen LogP contribution < -0.4 is 15.4 Å². The molecule has 0 unspecified atom stereocenters. The summed E-state index contributed by atoms with van der Waals surface area (Å²) in [6, 6.07) is 16.8. The zero-order chi connectivity index (χ0) is 21.6. The van der Waals surface area contributed by atoms with Crippen LogP contribution in [0, 0.1) is 5.82 Å². The number of anilines is 1. The van der Waals surface area contributed by atoms with Crippen molar-refractivity contribution in [3.05, 3.63) is 83.4 Å². The van der Waals surface area contributed by atoms with Crippen molar-refractivity contribution >= 4 is 17.4 Å². The number of rotatable bonds is 8. The molecule has 2 heterocycles. The van der Waals surface area contributed by atoms with E-state index in [0.717, 1.165) is 11.3 Å². The Morgan fingerprint density at radius 3 is 2.68 bits per heavy atom. The molecule has 4 aromatic rings. The first kappa shape index (κ1) is 20.3. The van der Waals surface area contributed by atoms with Gasteiger partial charge in [0.1, 0.15) is 17.4 Å². The summed E-state index contributed by atoms with van der Waals surface area (Å²) in [5.74, 6) is 1.43. The molecular formula is C22H21FN6O2. The highest BCUT2D eigenvalue weighted by Gasteiger charge is 2.10. The Labute approximate surface area is 178 Å². The van der Waals surface area contributed by atoms with Crippen LogP contribution >= 0.6 is 0 Å². The van der Waals surface area contributed by atoms with Crippen LogP contribution in [-0.2, 0) is 13.0 Å². The Hall–Kier alpha value is -4.01. The third kappa shape index (κ3) is 4.77. The summed E-state index contributed by atoms with van der Waals surface area (Å²) in [6.07, 6.45) is 0.442. The lowest BCUT2D eigenvalue weighted by Crippen LogP contribution is -2.26. The van der Waals surface area contributed by atoms with E-state index in [1.807, 2.05) is 36.4 Å². The first-order valence-electron chi connectivity index (χ1n) is 9.75. The standard InChI is InChI=1S/C22H21FN6O2/c1-31-18-5-3-2-4-16(18)14-25-19-10-11-20-26-27-21(29(20)28-19)12-13-24-22(30)15-6-8-17(23)9-7-15/h2-11H,12-14H2,1H3,(H,24,30)(H,25,28). The fourth-order valence-electron chi connectivity index (χ4n) is 3.11. The molecule has 4 rings (SSSR count). The van der Waals surface area contributed by atoms with E-state index in [0.29, 0.717) is 42.4 Å². The molecule has 0 saturated carbocycles. The fourth-order valence-corrected chi connectivity index (χ4v) is 3.11. The minimum atomic E-state index is -0.382. The number of carbonyl (C=O) groups excluding carboxylic acids is 1. The molecule has 2 aromatic carbocycles. The monoisotopic (exact) mass is 420 g/mol. The fraction of sp³-hybridized carbons (Fsp3) is 0.182. The van der Waals surface area contributed by atoms with E-state index in [9.17, 15) is 9.18 Å². The van der Waals surface area contributed by atoms with Gasteiger partial charge in [0.15, 0.2) is 11.5 Å². The summed E-state index contributed by atoms with van der Waals surface area (Å²) in [7, 11) is 1.64. The zero-order valence-corrected chi connectivity index (χ0v) is 16.9. The maximum absolute atomic E-state index is 13.0. The van der Waals surface area contributed by atoms with Crippen molar-refractivity contribution in [2.24, 2.45) is 0 Å².